The van der Waals surface area contributed by atoms with Gasteiger partial charge in [-0.2, -0.15) is 0 Å². The number of aryl methyl sites for hydroxylation is 1. The molecule has 0 heterocycles. The van der Waals surface area contributed by atoms with Gasteiger partial charge in [0.2, 0.25) is 0 Å². The van der Waals surface area contributed by atoms with E-state index in [4.69, 9.17) is 10.2 Å². The number of carboxylic acid groups (broad SMARTS) is 2. The summed E-state index contributed by atoms with van der Waals surface area (Å²) < 4.78 is 0. The highest BCUT2D eigenvalue weighted by Gasteiger charge is 2.00. The van der Waals surface area contributed by atoms with Crippen LogP contribution in [0.3, 0.4) is 0 Å². The second kappa shape index (κ2) is 12.0. The highest BCUT2D eigenvalue weighted by molar-refractivity contribution is 5.75. The molecule has 0 atom stereocenters. The third kappa shape index (κ3) is 16.6. The number of aliphatic carboxylic acids is 2. The van der Waals surface area contributed by atoms with Gasteiger partial charge in [0.25, 0.3) is 0 Å². The first-order valence-corrected chi connectivity index (χ1v) is 4.97. The van der Waals surface area contributed by atoms with E-state index in [0.717, 1.165) is 0 Å². The normalized spacial score (nSPS) is 7.82. The van der Waals surface area contributed by atoms with Crippen LogP contribution in [0.2, 0.25) is 0 Å². The number of hydrogen-bond acceptors (Lipinski definition) is 2. The van der Waals surface area contributed by atoms with E-state index >= 15 is 0 Å². The van der Waals surface area contributed by atoms with Crippen LogP contribution in [0.5, 0.6) is 0 Å². The fourth-order valence-electron chi connectivity index (χ4n) is 0.748. The van der Waals surface area contributed by atoms with Gasteiger partial charge in [-0.25, -0.2) is 0 Å². The van der Waals surface area contributed by atoms with Crippen molar-refractivity contribution < 1.29 is 19.8 Å². The van der Waals surface area contributed by atoms with E-state index in [1.807, 2.05) is 18.2 Å². The molecule has 4 heteroatoms. The van der Waals surface area contributed by atoms with Gasteiger partial charge in [0, 0.05) is 0 Å². The van der Waals surface area contributed by atoms with E-state index in [1.165, 1.54) is 5.56 Å². The Morgan fingerprint density at radius 2 is 1.35 bits per heavy atom. The molecule has 0 spiro atoms. The molecule has 0 fully saturated rings. The third-order valence-electron chi connectivity index (χ3n) is 1.49. The lowest BCUT2D eigenvalue weighted by Gasteiger charge is -1.85. The van der Waals surface area contributed by atoms with Crippen LogP contribution in [0.1, 0.15) is 18.4 Å². The van der Waals surface area contributed by atoms with Gasteiger partial charge in [0.15, 0.2) is 0 Å². The van der Waals surface area contributed by atoms with Crippen LogP contribution in [0.15, 0.2) is 43.5 Å². The summed E-state index contributed by atoms with van der Waals surface area (Å²) in [4.78, 5) is 19.3. The zero-order valence-corrected chi connectivity index (χ0v) is 9.93. The Labute approximate surface area is 101 Å². The second-order valence-electron chi connectivity index (χ2n) is 2.94. The van der Waals surface area contributed by atoms with Crippen molar-refractivity contribution in [3.63, 3.8) is 0 Å². The molecule has 0 saturated carbocycles. The van der Waals surface area contributed by atoms with Crippen molar-refractivity contribution in [2.24, 2.45) is 0 Å². The summed E-state index contributed by atoms with van der Waals surface area (Å²) in [7, 11) is 0. The molecule has 4 nitrogen and oxygen atoms in total. The minimum absolute atomic E-state index is 0.296. The molecule has 0 radical (unpaired) electrons. The summed E-state index contributed by atoms with van der Waals surface area (Å²) in [5, 5.41) is 15.8. The molecule has 0 aromatic heterocycles. The summed E-state index contributed by atoms with van der Waals surface area (Å²) in [6.07, 6.45) is -0.593. The summed E-state index contributed by atoms with van der Waals surface area (Å²) in [6.45, 7) is 8.08. The van der Waals surface area contributed by atoms with Crippen LogP contribution in [-0.4, -0.2) is 22.2 Å². The molecule has 0 aliphatic rings. The topological polar surface area (TPSA) is 74.6 Å². The van der Waals surface area contributed by atoms with Crippen molar-refractivity contribution >= 4 is 11.9 Å². The van der Waals surface area contributed by atoms with Gasteiger partial charge in [-0.05, 0) is 6.92 Å². The number of rotatable bonds is 3. The second-order valence-corrected chi connectivity index (χ2v) is 2.94. The fraction of sp³-hybridized carbons (Fsp3) is 0.231. The molecule has 0 unspecified atom stereocenters. The minimum Gasteiger partial charge on any atom is -0.481 e. The van der Waals surface area contributed by atoms with Crippen LogP contribution in [-0.2, 0) is 9.59 Å². The number of benzene rings is 1. The maximum atomic E-state index is 9.64. The van der Waals surface area contributed by atoms with Crippen molar-refractivity contribution in [3.8, 4) is 0 Å². The monoisotopic (exact) mass is 238 g/mol. The lowest BCUT2D eigenvalue weighted by Crippen LogP contribution is -2.00. The molecule has 1 rings (SSSR count). The molecule has 0 aliphatic carbocycles. The first kappa shape index (κ1) is 17.3. The van der Waals surface area contributed by atoms with Gasteiger partial charge >= 0.3 is 11.9 Å². The number of carboxylic acids is 2. The van der Waals surface area contributed by atoms with Gasteiger partial charge in [0.05, 0.1) is 12.8 Å². The van der Waals surface area contributed by atoms with Gasteiger partial charge < -0.3 is 10.2 Å². The smallest absolute Gasteiger partial charge is 0.303 e. The lowest BCUT2D eigenvalue weighted by molar-refractivity contribution is -0.143. The van der Waals surface area contributed by atoms with Gasteiger partial charge in [-0.1, -0.05) is 35.9 Å². The summed E-state index contributed by atoms with van der Waals surface area (Å²) >= 11 is 0. The molecule has 0 saturated heterocycles. The highest BCUT2D eigenvalue weighted by Crippen LogP contribution is 1.92. The lowest BCUT2D eigenvalue weighted by atomic mass is 10.2. The molecular formula is C13H18O4. The number of carbonyl (C=O) groups is 2. The minimum atomic E-state index is -1.08. The average molecular weight is 238 g/mol. The van der Waals surface area contributed by atoms with Gasteiger partial charge in [-0.3, -0.25) is 9.59 Å². The average Bonchev–Trinajstić information content (AvgIpc) is 2.31. The Bertz CT molecular complexity index is 305. The Morgan fingerprint density at radius 3 is 1.53 bits per heavy atom. The van der Waals surface area contributed by atoms with Crippen LogP contribution >= 0.6 is 0 Å². The zero-order valence-electron chi connectivity index (χ0n) is 9.93. The molecule has 0 aliphatic heterocycles. The Kier molecular flexibility index (Phi) is 12.2. The van der Waals surface area contributed by atoms with Crippen molar-refractivity contribution in [1.82, 2.24) is 0 Å². The SMILES string of the molecule is C=C.Cc1ccccc1.O=C(O)CCC(=O)O. The van der Waals surface area contributed by atoms with Crippen molar-refractivity contribution in [2.75, 3.05) is 0 Å². The Hall–Kier alpha value is -2.10. The molecule has 17 heavy (non-hydrogen) atoms. The van der Waals surface area contributed by atoms with Crippen molar-refractivity contribution in [3.05, 3.63) is 49.1 Å². The predicted octanol–water partition coefficient (Wildman–Crippen LogP) is 2.73. The van der Waals surface area contributed by atoms with E-state index in [1.54, 1.807) is 0 Å². The number of hydrogen-bond donors (Lipinski definition) is 2. The molecule has 0 bridgehead atoms. The largest absolute Gasteiger partial charge is 0.481 e. The quantitative estimate of drug-likeness (QED) is 0.794. The summed E-state index contributed by atoms with van der Waals surface area (Å²) in [5.74, 6) is -2.15. The maximum Gasteiger partial charge on any atom is 0.303 e. The van der Waals surface area contributed by atoms with Crippen LogP contribution < -0.4 is 0 Å². The van der Waals surface area contributed by atoms with E-state index in [-0.39, 0.29) is 12.8 Å². The maximum absolute atomic E-state index is 9.64. The van der Waals surface area contributed by atoms with Crippen molar-refractivity contribution in [1.29, 1.82) is 0 Å². The van der Waals surface area contributed by atoms with E-state index in [9.17, 15) is 9.59 Å². The van der Waals surface area contributed by atoms with E-state index in [0.29, 0.717) is 0 Å². The standard InChI is InChI=1S/C7H8.C4H6O4.C2H4/c1-7-5-3-2-4-6-7;5-3(6)1-2-4(7)8;1-2/h2-6H,1H3;1-2H2,(H,5,6)(H,7,8);1-2H2. The van der Waals surface area contributed by atoms with Gasteiger partial charge in [-0.15, -0.1) is 13.2 Å². The van der Waals surface area contributed by atoms with E-state index < -0.39 is 11.9 Å². The Balaban J connectivity index is 0. The molecule has 94 valence electrons. The van der Waals surface area contributed by atoms with Gasteiger partial charge in [0.1, 0.15) is 0 Å². The third-order valence-corrected chi connectivity index (χ3v) is 1.49. The highest BCUT2D eigenvalue weighted by atomic mass is 16.4. The van der Waals surface area contributed by atoms with Crippen LogP contribution in [0, 0.1) is 6.92 Å². The zero-order chi connectivity index (χ0) is 13.7. The summed E-state index contributed by atoms with van der Waals surface area (Å²) in [6, 6.07) is 10.3. The molecule has 2 N–H and O–H groups in total. The summed E-state index contributed by atoms with van der Waals surface area (Å²) in [5.41, 5.74) is 1.32. The van der Waals surface area contributed by atoms with E-state index in [2.05, 4.69) is 32.2 Å². The molecule has 1 aromatic rings. The predicted molar refractivity (Wildman–Crippen MR) is 66.9 cm³/mol. The van der Waals surface area contributed by atoms with Crippen molar-refractivity contribution in [2.45, 2.75) is 19.8 Å². The van der Waals surface area contributed by atoms with Crippen LogP contribution in [0.4, 0.5) is 0 Å². The Morgan fingerprint density at radius 1 is 1.00 bits per heavy atom. The molecule has 0 amide bonds. The molecular weight excluding hydrogens is 220 g/mol. The first-order valence-electron chi connectivity index (χ1n) is 4.97. The first-order chi connectivity index (χ1) is 8.02. The van der Waals surface area contributed by atoms with Crippen LogP contribution in [0.25, 0.3) is 0 Å². The fourth-order valence-corrected chi connectivity index (χ4v) is 0.748. The molecule has 1 aromatic carbocycles.